The number of carboxylic acids is 1. The van der Waals surface area contributed by atoms with Gasteiger partial charge in [-0.2, -0.15) is 0 Å². The largest absolute Gasteiger partial charge is 0.480 e. The molecule has 0 spiro atoms. The minimum absolute atomic E-state index is 0.0286. The van der Waals surface area contributed by atoms with Gasteiger partial charge < -0.3 is 24.9 Å². The van der Waals surface area contributed by atoms with E-state index in [1.165, 1.54) is 0 Å². The molecule has 1 aliphatic rings. The van der Waals surface area contributed by atoms with Gasteiger partial charge in [-0.15, -0.1) is 0 Å². The number of likely N-dealkylation sites (tertiary alicyclic amines) is 1. The van der Waals surface area contributed by atoms with Crippen LogP contribution >= 0.6 is 12.2 Å². The predicted octanol–water partition coefficient (Wildman–Crippen LogP) is 1.57. The van der Waals surface area contributed by atoms with E-state index in [9.17, 15) is 15.0 Å². The maximum atomic E-state index is 12.0. The third kappa shape index (κ3) is 4.98. The van der Waals surface area contributed by atoms with E-state index < -0.39 is 26.4 Å². The standard InChI is InChI=1S/C23H30N2O4SSi/c1-23(2,3)31(18-10-6-4-7-11-18,19-12-8-5-9-13-19)29-16-20(21(27)28)24-22(30)25-14-17(26)15-25/h4-13,17,20,26H,14-16H2,1-3H3,(H,24,30)(H,27,28). The number of rotatable bonds is 7. The first-order chi connectivity index (χ1) is 14.6. The number of β-amino-alcohol motifs (C(OH)–C–C–N with tert-alkyl or cyclic N) is 1. The van der Waals surface area contributed by atoms with E-state index in [2.05, 4.69) is 50.4 Å². The van der Waals surface area contributed by atoms with Crippen LogP contribution in [-0.4, -0.2) is 66.4 Å². The van der Waals surface area contributed by atoms with Gasteiger partial charge in [-0.3, -0.25) is 0 Å². The molecule has 1 fully saturated rings. The molecule has 0 amide bonds. The fourth-order valence-electron chi connectivity index (χ4n) is 4.01. The van der Waals surface area contributed by atoms with Crippen LogP contribution in [0.15, 0.2) is 60.7 Å². The lowest BCUT2D eigenvalue weighted by atomic mass is 10.2. The minimum atomic E-state index is -2.84. The monoisotopic (exact) mass is 458 g/mol. The van der Waals surface area contributed by atoms with Gasteiger partial charge in [-0.1, -0.05) is 81.4 Å². The molecule has 3 N–H and O–H groups in total. The molecule has 31 heavy (non-hydrogen) atoms. The summed E-state index contributed by atoms with van der Waals surface area (Å²) in [6.45, 7) is 7.23. The number of benzene rings is 2. The van der Waals surface area contributed by atoms with Gasteiger partial charge in [0.2, 0.25) is 0 Å². The highest BCUT2D eigenvalue weighted by Gasteiger charge is 2.50. The van der Waals surface area contributed by atoms with E-state index in [1.54, 1.807) is 4.90 Å². The number of aliphatic carboxylic acids is 1. The Morgan fingerprint density at radius 3 is 2.00 bits per heavy atom. The van der Waals surface area contributed by atoms with Crippen molar-refractivity contribution in [2.24, 2.45) is 0 Å². The lowest BCUT2D eigenvalue weighted by Gasteiger charge is -2.44. The summed E-state index contributed by atoms with van der Waals surface area (Å²) in [5.74, 6) is -1.03. The first kappa shape index (κ1) is 23.4. The Bertz CT molecular complexity index is 859. The summed E-state index contributed by atoms with van der Waals surface area (Å²) in [5.41, 5.74) is 0. The van der Waals surface area contributed by atoms with Crippen LogP contribution in [0.2, 0.25) is 5.04 Å². The Hall–Kier alpha value is -2.26. The molecule has 1 saturated heterocycles. The predicted molar refractivity (Wildman–Crippen MR) is 128 cm³/mol. The van der Waals surface area contributed by atoms with E-state index in [0.29, 0.717) is 18.2 Å². The van der Waals surface area contributed by atoms with Gasteiger partial charge in [-0.05, 0) is 27.6 Å². The maximum absolute atomic E-state index is 12.0. The Kier molecular flexibility index (Phi) is 7.16. The third-order valence-corrected chi connectivity index (χ3v) is 11.0. The number of carbonyl (C=O) groups is 1. The lowest BCUT2D eigenvalue weighted by molar-refractivity contribution is -0.139. The molecule has 1 unspecified atom stereocenters. The average molecular weight is 459 g/mol. The smallest absolute Gasteiger partial charge is 0.328 e. The zero-order valence-electron chi connectivity index (χ0n) is 18.1. The van der Waals surface area contributed by atoms with Crippen LogP contribution in [0.4, 0.5) is 0 Å². The maximum Gasteiger partial charge on any atom is 0.328 e. The molecule has 2 aromatic rings. The van der Waals surface area contributed by atoms with Crippen molar-refractivity contribution < 1.29 is 19.4 Å². The second-order valence-corrected chi connectivity index (χ2v) is 13.6. The molecular formula is C23H30N2O4SSi. The van der Waals surface area contributed by atoms with E-state index in [4.69, 9.17) is 16.6 Å². The number of thiocarbonyl (C=S) groups is 1. The number of nitrogens with one attached hydrogen (secondary N) is 1. The summed E-state index contributed by atoms with van der Waals surface area (Å²) in [5, 5.41) is 24.5. The van der Waals surface area contributed by atoms with Gasteiger partial charge in [0.15, 0.2) is 5.11 Å². The molecule has 2 aromatic carbocycles. The minimum Gasteiger partial charge on any atom is -0.480 e. The second-order valence-electron chi connectivity index (χ2n) is 8.87. The average Bonchev–Trinajstić information content (AvgIpc) is 2.71. The van der Waals surface area contributed by atoms with Crippen LogP contribution < -0.4 is 15.7 Å². The Morgan fingerprint density at radius 2 is 1.61 bits per heavy atom. The van der Waals surface area contributed by atoms with Crippen molar-refractivity contribution in [2.75, 3.05) is 19.7 Å². The summed E-state index contributed by atoms with van der Waals surface area (Å²) < 4.78 is 6.71. The molecule has 6 nitrogen and oxygen atoms in total. The summed E-state index contributed by atoms with van der Waals surface area (Å²) in [6, 6.07) is 19.2. The highest BCUT2D eigenvalue weighted by atomic mass is 32.1. The first-order valence-electron chi connectivity index (χ1n) is 10.4. The molecule has 1 heterocycles. The van der Waals surface area contributed by atoms with E-state index in [0.717, 1.165) is 10.4 Å². The Labute approximate surface area is 190 Å². The van der Waals surface area contributed by atoms with E-state index in [1.807, 2.05) is 36.4 Å². The molecule has 0 aromatic heterocycles. The zero-order valence-corrected chi connectivity index (χ0v) is 19.9. The molecule has 166 valence electrons. The summed E-state index contributed by atoms with van der Waals surface area (Å²) in [6.07, 6.45) is -0.420. The zero-order chi connectivity index (χ0) is 22.6. The fraction of sp³-hybridized carbons (Fsp3) is 0.391. The lowest BCUT2D eigenvalue weighted by Crippen LogP contribution is -2.68. The van der Waals surface area contributed by atoms with Crippen molar-refractivity contribution in [1.82, 2.24) is 10.2 Å². The van der Waals surface area contributed by atoms with Crippen LogP contribution in [0, 0.1) is 0 Å². The summed E-state index contributed by atoms with van der Waals surface area (Å²) in [7, 11) is -2.84. The van der Waals surface area contributed by atoms with Gasteiger partial charge in [0.1, 0.15) is 6.04 Å². The topological polar surface area (TPSA) is 82.0 Å². The van der Waals surface area contributed by atoms with Crippen molar-refractivity contribution in [3.63, 3.8) is 0 Å². The number of nitrogens with zero attached hydrogens (tertiary/aromatic N) is 1. The third-order valence-electron chi connectivity index (χ3n) is 5.63. The van der Waals surface area contributed by atoms with Crippen molar-refractivity contribution in [3.8, 4) is 0 Å². The van der Waals surface area contributed by atoms with Crippen molar-refractivity contribution in [3.05, 3.63) is 60.7 Å². The highest BCUT2D eigenvalue weighted by Crippen LogP contribution is 2.36. The van der Waals surface area contributed by atoms with Crippen LogP contribution in [0.1, 0.15) is 20.8 Å². The number of hydrogen-bond acceptors (Lipinski definition) is 4. The second kappa shape index (κ2) is 9.48. The van der Waals surface area contributed by atoms with Gasteiger partial charge >= 0.3 is 5.97 Å². The Balaban J connectivity index is 1.92. The van der Waals surface area contributed by atoms with Crippen molar-refractivity contribution in [2.45, 2.75) is 38.0 Å². The molecule has 0 saturated carbocycles. The summed E-state index contributed by atoms with van der Waals surface area (Å²) in [4.78, 5) is 13.8. The fourth-order valence-corrected chi connectivity index (χ4v) is 8.87. The number of aliphatic hydroxyl groups is 1. The molecule has 0 aliphatic carbocycles. The molecule has 8 heteroatoms. The molecule has 0 bridgehead atoms. The Morgan fingerprint density at radius 1 is 1.13 bits per heavy atom. The van der Waals surface area contributed by atoms with Gasteiger partial charge in [0.25, 0.3) is 8.32 Å². The molecule has 0 radical (unpaired) electrons. The highest BCUT2D eigenvalue weighted by molar-refractivity contribution is 7.80. The van der Waals surface area contributed by atoms with Crippen molar-refractivity contribution in [1.29, 1.82) is 0 Å². The quantitative estimate of drug-likeness (QED) is 0.429. The summed E-state index contributed by atoms with van der Waals surface area (Å²) >= 11 is 5.34. The van der Waals surface area contributed by atoms with Crippen LogP contribution in [0.3, 0.4) is 0 Å². The van der Waals surface area contributed by atoms with Crippen molar-refractivity contribution >= 4 is 42.0 Å². The van der Waals surface area contributed by atoms with Crippen LogP contribution in [-0.2, 0) is 9.22 Å². The van der Waals surface area contributed by atoms with Gasteiger partial charge in [0, 0.05) is 13.1 Å². The van der Waals surface area contributed by atoms with Gasteiger partial charge in [0.05, 0.1) is 12.7 Å². The molecular weight excluding hydrogens is 428 g/mol. The van der Waals surface area contributed by atoms with Crippen LogP contribution in [0.5, 0.6) is 0 Å². The number of carboxylic acid groups (broad SMARTS) is 1. The first-order valence-corrected chi connectivity index (χ1v) is 12.7. The molecule has 1 aliphatic heterocycles. The number of hydrogen-bond donors (Lipinski definition) is 3. The SMILES string of the molecule is CC(C)(C)[Si](OCC(NC(=S)N1CC(O)C1)C(=O)O)(c1ccccc1)c1ccccc1. The van der Waals surface area contributed by atoms with E-state index in [-0.39, 0.29) is 11.6 Å². The van der Waals surface area contributed by atoms with Gasteiger partial charge in [-0.25, -0.2) is 4.79 Å². The normalized spacial score (nSPS) is 15.8. The molecule has 3 rings (SSSR count). The number of aliphatic hydroxyl groups excluding tert-OH is 1. The van der Waals surface area contributed by atoms with Crippen LogP contribution in [0.25, 0.3) is 0 Å². The molecule has 1 atom stereocenters. The van der Waals surface area contributed by atoms with E-state index >= 15 is 0 Å².